The number of hydrogen-bond acceptors (Lipinski definition) is 1. The van der Waals surface area contributed by atoms with E-state index in [-0.39, 0.29) is 0 Å². The van der Waals surface area contributed by atoms with Crippen LogP contribution in [0.1, 0.15) is 11.1 Å². The van der Waals surface area contributed by atoms with Crippen LogP contribution in [0.2, 0.25) is 0 Å². The van der Waals surface area contributed by atoms with E-state index in [0.717, 1.165) is 27.2 Å². The van der Waals surface area contributed by atoms with Crippen LogP contribution in [0.5, 0.6) is 5.75 Å². The summed E-state index contributed by atoms with van der Waals surface area (Å²) in [6.45, 7) is 0. The lowest BCUT2D eigenvalue weighted by atomic mass is 10.00. The van der Waals surface area contributed by atoms with Crippen molar-refractivity contribution in [1.82, 2.24) is 0 Å². The van der Waals surface area contributed by atoms with Gasteiger partial charge in [-0.15, -0.1) is 0 Å². The van der Waals surface area contributed by atoms with Crippen molar-refractivity contribution in [2.75, 3.05) is 0 Å². The minimum Gasteiger partial charge on any atom is -0.507 e. The summed E-state index contributed by atoms with van der Waals surface area (Å²) in [5.74, 6) is 0.383. The van der Waals surface area contributed by atoms with Gasteiger partial charge >= 0.3 is 0 Å². The molecule has 19 heavy (non-hydrogen) atoms. The van der Waals surface area contributed by atoms with Gasteiger partial charge in [-0.3, -0.25) is 0 Å². The minimum atomic E-state index is 0.383. The van der Waals surface area contributed by atoms with Crippen molar-refractivity contribution >= 4 is 26.7 Å². The van der Waals surface area contributed by atoms with Crippen LogP contribution in [0.4, 0.5) is 0 Å². The summed E-state index contributed by atoms with van der Waals surface area (Å²) in [6, 6.07) is 20.0. The van der Waals surface area contributed by atoms with Gasteiger partial charge in [0.1, 0.15) is 5.75 Å². The second-order valence-electron chi connectivity index (χ2n) is 4.56. The van der Waals surface area contributed by atoms with Crippen molar-refractivity contribution in [3.63, 3.8) is 0 Å². The van der Waals surface area contributed by atoms with Gasteiger partial charge in [0.25, 0.3) is 0 Å². The standard InChI is InChI=1S/C17H13BrO/c18-16-8-4-2-6-13(16)11-14-10-9-12-5-1-3-7-15(12)17(14)19/h1-10,19H,11H2. The molecule has 94 valence electrons. The number of halogens is 1. The Bertz CT molecular complexity index is 734. The molecule has 0 fully saturated rings. The molecule has 1 nitrogen and oxygen atoms in total. The number of fused-ring (bicyclic) bond motifs is 1. The molecule has 0 amide bonds. The molecule has 3 aromatic rings. The third kappa shape index (κ3) is 2.36. The maximum atomic E-state index is 10.4. The third-order valence-electron chi connectivity index (χ3n) is 3.32. The maximum absolute atomic E-state index is 10.4. The Morgan fingerprint density at radius 2 is 1.53 bits per heavy atom. The first kappa shape index (κ1) is 12.2. The second-order valence-corrected chi connectivity index (χ2v) is 5.42. The van der Waals surface area contributed by atoms with E-state index >= 15 is 0 Å². The Hall–Kier alpha value is -1.80. The predicted molar refractivity (Wildman–Crippen MR) is 82.6 cm³/mol. The smallest absolute Gasteiger partial charge is 0.126 e. The number of hydrogen-bond donors (Lipinski definition) is 1. The molecular weight excluding hydrogens is 300 g/mol. The van der Waals surface area contributed by atoms with Crippen LogP contribution in [-0.2, 0) is 6.42 Å². The molecule has 3 aromatic carbocycles. The van der Waals surface area contributed by atoms with Crippen molar-refractivity contribution in [1.29, 1.82) is 0 Å². The van der Waals surface area contributed by atoms with Crippen LogP contribution in [0.3, 0.4) is 0 Å². The minimum absolute atomic E-state index is 0.383. The molecule has 0 radical (unpaired) electrons. The van der Waals surface area contributed by atoms with Crippen molar-refractivity contribution in [2.24, 2.45) is 0 Å². The Morgan fingerprint density at radius 1 is 0.789 bits per heavy atom. The fraction of sp³-hybridized carbons (Fsp3) is 0.0588. The molecule has 0 aliphatic carbocycles. The second kappa shape index (κ2) is 5.06. The molecule has 1 N–H and O–H groups in total. The lowest BCUT2D eigenvalue weighted by Gasteiger charge is -2.09. The monoisotopic (exact) mass is 312 g/mol. The topological polar surface area (TPSA) is 20.2 Å². The van der Waals surface area contributed by atoms with Gasteiger partial charge in [-0.2, -0.15) is 0 Å². The predicted octanol–water partition coefficient (Wildman–Crippen LogP) is 4.90. The zero-order valence-corrected chi connectivity index (χ0v) is 11.9. The van der Waals surface area contributed by atoms with Gasteiger partial charge < -0.3 is 5.11 Å². The lowest BCUT2D eigenvalue weighted by molar-refractivity contribution is 0.476. The Labute approximate surface area is 120 Å². The van der Waals surface area contributed by atoms with E-state index in [1.165, 1.54) is 5.56 Å². The van der Waals surface area contributed by atoms with Crippen LogP contribution >= 0.6 is 15.9 Å². The first-order valence-electron chi connectivity index (χ1n) is 6.19. The largest absolute Gasteiger partial charge is 0.507 e. The first-order valence-corrected chi connectivity index (χ1v) is 6.98. The molecule has 0 aromatic heterocycles. The summed E-state index contributed by atoms with van der Waals surface area (Å²) in [5.41, 5.74) is 2.12. The Kier molecular flexibility index (Phi) is 3.26. The van der Waals surface area contributed by atoms with E-state index in [9.17, 15) is 5.11 Å². The van der Waals surface area contributed by atoms with E-state index in [4.69, 9.17) is 0 Å². The van der Waals surface area contributed by atoms with Gasteiger partial charge in [-0.25, -0.2) is 0 Å². The summed E-state index contributed by atoms with van der Waals surface area (Å²) in [5, 5.41) is 12.4. The summed E-state index contributed by atoms with van der Waals surface area (Å²) < 4.78 is 1.07. The number of phenolic OH excluding ortho intramolecular Hbond substituents is 1. The first-order chi connectivity index (χ1) is 9.25. The molecule has 0 atom stereocenters. The van der Waals surface area contributed by atoms with Crippen molar-refractivity contribution < 1.29 is 5.11 Å². The molecule has 0 aliphatic rings. The zero-order valence-electron chi connectivity index (χ0n) is 10.3. The average molecular weight is 313 g/mol. The summed E-state index contributed by atoms with van der Waals surface area (Å²) in [6.07, 6.45) is 0.720. The molecule has 0 spiro atoms. The van der Waals surface area contributed by atoms with Gasteiger partial charge in [0.05, 0.1) is 0 Å². The van der Waals surface area contributed by atoms with E-state index in [2.05, 4.69) is 28.1 Å². The molecule has 2 heteroatoms. The van der Waals surface area contributed by atoms with E-state index < -0.39 is 0 Å². The van der Waals surface area contributed by atoms with Gasteiger partial charge in [0, 0.05) is 16.3 Å². The van der Waals surface area contributed by atoms with Crippen LogP contribution in [-0.4, -0.2) is 5.11 Å². The Balaban J connectivity index is 2.07. The number of aromatic hydroxyl groups is 1. The normalized spacial score (nSPS) is 10.8. The van der Waals surface area contributed by atoms with Gasteiger partial charge in [-0.05, 0) is 22.6 Å². The quantitative estimate of drug-likeness (QED) is 0.713. The summed E-state index contributed by atoms with van der Waals surface area (Å²) in [4.78, 5) is 0. The van der Waals surface area contributed by atoms with E-state index in [1.807, 2.05) is 48.5 Å². The highest BCUT2D eigenvalue weighted by molar-refractivity contribution is 9.10. The summed E-state index contributed by atoms with van der Waals surface area (Å²) in [7, 11) is 0. The van der Waals surface area contributed by atoms with Gasteiger partial charge in [0.2, 0.25) is 0 Å². The lowest BCUT2D eigenvalue weighted by Crippen LogP contribution is -1.91. The maximum Gasteiger partial charge on any atom is 0.126 e. The van der Waals surface area contributed by atoms with Crippen LogP contribution < -0.4 is 0 Å². The molecule has 0 saturated heterocycles. The van der Waals surface area contributed by atoms with Crippen LogP contribution in [0.15, 0.2) is 65.1 Å². The Morgan fingerprint density at radius 3 is 2.37 bits per heavy atom. The number of phenols is 1. The van der Waals surface area contributed by atoms with Gasteiger partial charge in [-0.1, -0.05) is 70.5 Å². The molecule has 0 bridgehead atoms. The highest BCUT2D eigenvalue weighted by Gasteiger charge is 2.08. The molecule has 0 heterocycles. The zero-order chi connectivity index (χ0) is 13.2. The fourth-order valence-electron chi connectivity index (χ4n) is 2.29. The molecule has 0 saturated carbocycles. The molecule has 3 rings (SSSR count). The van der Waals surface area contributed by atoms with Crippen molar-refractivity contribution in [3.05, 3.63) is 76.3 Å². The highest BCUT2D eigenvalue weighted by atomic mass is 79.9. The number of rotatable bonds is 2. The molecule has 0 unspecified atom stereocenters. The van der Waals surface area contributed by atoms with Crippen molar-refractivity contribution in [2.45, 2.75) is 6.42 Å². The van der Waals surface area contributed by atoms with Crippen molar-refractivity contribution in [3.8, 4) is 5.75 Å². The average Bonchev–Trinajstić information content (AvgIpc) is 2.44. The molecular formula is C17H13BrO. The SMILES string of the molecule is Oc1c(Cc2ccccc2Br)ccc2ccccc12. The van der Waals surface area contributed by atoms with E-state index in [0.29, 0.717) is 5.75 Å². The fourth-order valence-corrected chi connectivity index (χ4v) is 2.71. The third-order valence-corrected chi connectivity index (χ3v) is 4.10. The van der Waals surface area contributed by atoms with Crippen LogP contribution in [0, 0.1) is 0 Å². The highest BCUT2D eigenvalue weighted by Crippen LogP contribution is 2.31. The molecule has 0 aliphatic heterocycles. The van der Waals surface area contributed by atoms with E-state index in [1.54, 1.807) is 0 Å². The van der Waals surface area contributed by atoms with Gasteiger partial charge in [0.15, 0.2) is 0 Å². The number of benzene rings is 3. The van der Waals surface area contributed by atoms with Crippen LogP contribution in [0.25, 0.3) is 10.8 Å². The summed E-state index contributed by atoms with van der Waals surface area (Å²) >= 11 is 3.55.